The Morgan fingerprint density at radius 3 is 3.08 bits per heavy atom. The van der Waals surface area contributed by atoms with Crippen LogP contribution in [-0.2, 0) is 0 Å². The van der Waals surface area contributed by atoms with Crippen LogP contribution in [0.2, 0.25) is 0 Å². The summed E-state index contributed by atoms with van der Waals surface area (Å²) >= 11 is 1.80. The van der Waals surface area contributed by atoms with Crippen LogP contribution in [0.4, 0.5) is 0 Å². The van der Waals surface area contributed by atoms with Crippen molar-refractivity contribution in [3.63, 3.8) is 0 Å². The molecule has 1 nitrogen and oxygen atoms in total. The normalized spacial score (nSPS) is 11.8. The van der Waals surface area contributed by atoms with E-state index >= 15 is 0 Å². The predicted molar refractivity (Wildman–Crippen MR) is 58.8 cm³/mol. The molecule has 0 aromatic carbocycles. The molecule has 0 saturated carbocycles. The van der Waals surface area contributed by atoms with Crippen LogP contribution in [-0.4, -0.2) is 6.54 Å². The summed E-state index contributed by atoms with van der Waals surface area (Å²) in [5.41, 5.74) is 0. The molecule has 0 spiro atoms. The summed E-state index contributed by atoms with van der Waals surface area (Å²) in [6.45, 7) is 5.04. The highest BCUT2D eigenvalue weighted by Crippen LogP contribution is 2.17. The first kappa shape index (κ1) is 10.3. The summed E-state index contributed by atoms with van der Waals surface area (Å²) in [6, 6.07) is 4.70. The smallest absolute Gasteiger partial charge is 0.0386 e. The lowest BCUT2D eigenvalue weighted by molar-refractivity contribution is 0.592. The van der Waals surface area contributed by atoms with Crippen LogP contribution >= 0.6 is 11.3 Å². The first-order valence-corrected chi connectivity index (χ1v) is 5.39. The quantitative estimate of drug-likeness (QED) is 0.573. The molecule has 0 amide bonds. The third-order valence-corrected chi connectivity index (χ3v) is 2.90. The molecule has 0 fully saturated rings. The molecule has 2 heteroatoms. The zero-order chi connectivity index (χ0) is 9.52. The Labute approximate surface area is 84.2 Å². The van der Waals surface area contributed by atoms with E-state index in [0.717, 1.165) is 13.0 Å². The zero-order valence-electron chi connectivity index (χ0n) is 8.13. The second-order valence-electron chi connectivity index (χ2n) is 2.87. The molecule has 0 aliphatic heterocycles. The van der Waals surface area contributed by atoms with Crippen molar-refractivity contribution in [3.8, 4) is 11.8 Å². The van der Waals surface area contributed by atoms with Crippen LogP contribution in [0.25, 0.3) is 0 Å². The standard InChI is InChI=1S/C11H15NS/c1-3-4-5-8-12-10(2)11-7-6-9-13-11/h6-7,9-10,12H,5,8H2,1-2H3. The predicted octanol–water partition coefficient (Wildman–Crippen LogP) is 2.81. The largest absolute Gasteiger partial charge is 0.309 e. The third-order valence-electron chi connectivity index (χ3n) is 1.85. The van der Waals surface area contributed by atoms with Gasteiger partial charge in [0.1, 0.15) is 0 Å². The first-order chi connectivity index (χ1) is 6.34. The average molecular weight is 193 g/mol. The summed E-state index contributed by atoms with van der Waals surface area (Å²) in [5, 5.41) is 5.54. The van der Waals surface area contributed by atoms with Crippen molar-refractivity contribution in [2.45, 2.75) is 26.3 Å². The molecule has 1 rings (SSSR count). The third kappa shape index (κ3) is 3.63. The fraction of sp³-hybridized carbons (Fsp3) is 0.455. The number of thiophene rings is 1. The van der Waals surface area contributed by atoms with Crippen LogP contribution in [0.1, 0.15) is 31.2 Å². The van der Waals surface area contributed by atoms with E-state index in [1.807, 2.05) is 6.92 Å². The Balaban J connectivity index is 2.25. The highest BCUT2D eigenvalue weighted by Gasteiger charge is 2.03. The summed E-state index contributed by atoms with van der Waals surface area (Å²) < 4.78 is 0. The van der Waals surface area contributed by atoms with Gasteiger partial charge >= 0.3 is 0 Å². The molecule has 13 heavy (non-hydrogen) atoms. The number of hydrogen-bond donors (Lipinski definition) is 1. The topological polar surface area (TPSA) is 12.0 Å². The number of nitrogens with one attached hydrogen (secondary N) is 1. The summed E-state index contributed by atoms with van der Waals surface area (Å²) in [4.78, 5) is 1.39. The van der Waals surface area contributed by atoms with E-state index in [1.165, 1.54) is 4.88 Å². The molecule has 1 aromatic heterocycles. The monoisotopic (exact) mass is 193 g/mol. The number of hydrogen-bond acceptors (Lipinski definition) is 2. The van der Waals surface area contributed by atoms with Gasteiger partial charge in [-0.25, -0.2) is 0 Å². The molecule has 70 valence electrons. The maximum atomic E-state index is 3.43. The van der Waals surface area contributed by atoms with Gasteiger partial charge in [-0.1, -0.05) is 6.07 Å². The molecule has 0 bridgehead atoms. The summed E-state index contributed by atoms with van der Waals surface area (Å²) in [7, 11) is 0. The zero-order valence-corrected chi connectivity index (χ0v) is 8.95. The molecule has 1 heterocycles. The van der Waals surface area contributed by atoms with Gasteiger partial charge in [-0.3, -0.25) is 0 Å². The van der Waals surface area contributed by atoms with Crippen molar-refractivity contribution in [1.82, 2.24) is 5.32 Å². The lowest BCUT2D eigenvalue weighted by atomic mass is 10.2. The van der Waals surface area contributed by atoms with Crippen molar-refractivity contribution in [2.75, 3.05) is 6.54 Å². The van der Waals surface area contributed by atoms with Gasteiger partial charge in [-0.05, 0) is 25.3 Å². The minimum absolute atomic E-state index is 0.457. The maximum absolute atomic E-state index is 3.43. The van der Waals surface area contributed by atoms with Crippen molar-refractivity contribution in [3.05, 3.63) is 22.4 Å². The molecule has 0 aliphatic rings. The Morgan fingerprint density at radius 1 is 1.62 bits per heavy atom. The van der Waals surface area contributed by atoms with Crippen LogP contribution < -0.4 is 5.32 Å². The molecule has 0 radical (unpaired) electrons. The Bertz CT molecular complexity index is 279. The number of rotatable bonds is 4. The fourth-order valence-corrected chi connectivity index (χ4v) is 1.87. The fourth-order valence-electron chi connectivity index (χ4n) is 1.11. The molecule has 1 atom stereocenters. The Morgan fingerprint density at radius 2 is 2.46 bits per heavy atom. The van der Waals surface area contributed by atoms with Gasteiger partial charge in [0.05, 0.1) is 0 Å². The molecule has 1 unspecified atom stereocenters. The molecule has 0 saturated heterocycles. The molecular formula is C11H15NS. The minimum atomic E-state index is 0.457. The van der Waals surface area contributed by atoms with E-state index in [9.17, 15) is 0 Å². The van der Waals surface area contributed by atoms with Gasteiger partial charge in [0.15, 0.2) is 0 Å². The van der Waals surface area contributed by atoms with Crippen molar-refractivity contribution in [1.29, 1.82) is 0 Å². The van der Waals surface area contributed by atoms with Gasteiger partial charge in [-0.15, -0.1) is 23.2 Å². The summed E-state index contributed by atoms with van der Waals surface area (Å²) in [6.07, 6.45) is 0.937. The first-order valence-electron chi connectivity index (χ1n) is 4.51. The maximum Gasteiger partial charge on any atom is 0.0386 e. The van der Waals surface area contributed by atoms with Crippen molar-refractivity contribution in [2.24, 2.45) is 0 Å². The van der Waals surface area contributed by atoms with Crippen molar-refractivity contribution >= 4 is 11.3 Å². The van der Waals surface area contributed by atoms with E-state index in [4.69, 9.17) is 0 Å². The van der Waals surface area contributed by atoms with Gasteiger partial charge in [0.25, 0.3) is 0 Å². The highest BCUT2D eigenvalue weighted by molar-refractivity contribution is 7.10. The van der Waals surface area contributed by atoms with E-state index in [-0.39, 0.29) is 0 Å². The van der Waals surface area contributed by atoms with E-state index < -0.39 is 0 Å². The van der Waals surface area contributed by atoms with Crippen LogP contribution in [0, 0.1) is 11.8 Å². The highest BCUT2D eigenvalue weighted by atomic mass is 32.1. The lowest BCUT2D eigenvalue weighted by Crippen LogP contribution is -2.18. The summed E-state index contributed by atoms with van der Waals surface area (Å²) in [5.74, 6) is 5.93. The Hall–Kier alpha value is -0.780. The SMILES string of the molecule is CC#CCCNC(C)c1cccs1. The van der Waals surface area contributed by atoms with Gasteiger partial charge in [-0.2, -0.15) is 0 Å². The van der Waals surface area contributed by atoms with Crippen molar-refractivity contribution < 1.29 is 0 Å². The van der Waals surface area contributed by atoms with E-state index in [1.54, 1.807) is 11.3 Å². The lowest BCUT2D eigenvalue weighted by Gasteiger charge is -2.09. The van der Waals surface area contributed by atoms with Crippen LogP contribution in [0.5, 0.6) is 0 Å². The van der Waals surface area contributed by atoms with Gasteiger partial charge < -0.3 is 5.32 Å². The molecular weight excluding hydrogens is 178 g/mol. The average Bonchev–Trinajstić information content (AvgIpc) is 2.65. The molecule has 1 N–H and O–H groups in total. The van der Waals surface area contributed by atoms with Gasteiger partial charge in [0.2, 0.25) is 0 Å². The Kier molecular flexibility index (Phi) is 4.59. The van der Waals surface area contributed by atoms with Crippen LogP contribution in [0.15, 0.2) is 17.5 Å². The second kappa shape index (κ2) is 5.80. The van der Waals surface area contributed by atoms with E-state index in [2.05, 4.69) is 41.6 Å². The molecule has 1 aromatic rings. The second-order valence-corrected chi connectivity index (χ2v) is 3.85. The minimum Gasteiger partial charge on any atom is -0.309 e. The van der Waals surface area contributed by atoms with Crippen LogP contribution in [0.3, 0.4) is 0 Å². The molecule has 0 aliphatic carbocycles. The van der Waals surface area contributed by atoms with Gasteiger partial charge in [0, 0.05) is 23.9 Å². The van der Waals surface area contributed by atoms with E-state index in [0.29, 0.717) is 6.04 Å².